The normalized spacial score (nSPS) is 25.5. The van der Waals surface area contributed by atoms with Crippen molar-refractivity contribution < 1.29 is 23.1 Å². The van der Waals surface area contributed by atoms with Crippen LogP contribution in [0.4, 0.5) is 5.69 Å². The molecule has 3 rings (SSSR count). The Hall–Kier alpha value is -1.58. The van der Waals surface area contributed by atoms with Gasteiger partial charge in [-0.25, -0.2) is 13.1 Å². The first-order chi connectivity index (χ1) is 12.8. The number of amides is 1. The van der Waals surface area contributed by atoms with E-state index in [1.54, 1.807) is 12.1 Å². The van der Waals surface area contributed by atoms with Crippen molar-refractivity contribution in [3.05, 3.63) is 18.2 Å². The molecule has 1 aliphatic carbocycles. The van der Waals surface area contributed by atoms with Crippen LogP contribution in [0.5, 0.6) is 0 Å². The Bertz CT molecular complexity index is 832. The van der Waals surface area contributed by atoms with Crippen LogP contribution in [0.1, 0.15) is 39.0 Å². The molecule has 1 aromatic carbocycles. The third-order valence-corrected chi connectivity index (χ3v) is 8.07. The molecule has 1 fully saturated rings. The molecule has 0 radical (unpaired) electrons. The molecule has 2 aliphatic rings. The summed E-state index contributed by atoms with van der Waals surface area (Å²) in [6.07, 6.45) is 3.29. The average Bonchev–Trinajstić information content (AvgIpc) is 2.65. The number of carbonyl (C=O) groups excluding carboxylic acids is 1. The molecule has 1 unspecified atom stereocenters. The number of thioether (sulfide) groups is 1. The standard InChI is InChI=1S/C18H24N2O5S2/c1-2-15-17(21)20-14-9-13(7-8-16(14)26-15)27(24,25)19-10-11-3-5-12(6-4-11)18(22)23/h7-9,11-12,15,19H,2-6,10H2,1H3,(H,20,21)(H,22,23). The van der Waals surface area contributed by atoms with Gasteiger partial charge in [0, 0.05) is 11.4 Å². The fourth-order valence-corrected chi connectivity index (χ4v) is 5.65. The van der Waals surface area contributed by atoms with Crippen LogP contribution in [0, 0.1) is 11.8 Å². The van der Waals surface area contributed by atoms with Crippen molar-refractivity contribution in [1.82, 2.24) is 4.72 Å². The van der Waals surface area contributed by atoms with Gasteiger partial charge in [-0.1, -0.05) is 6.92 Å². The number of carboxylic acid groups (broad SMARTS) is 1. The minimum absolute atomic E-state index is 0.104. The lowest BCUT2D eigenvalue weighted by atomic mass is 9.82. The second kappa shape index (κ2) is 8.20. The SMILES string of the molecule is CCC1Sc2ccc(S(=O)(=O)NCC3CCC(C(=O)O)CC3)cc2NC1=O. The Balaban J connectivity index is 1.63. The van der Waals surface area contributed by atoms with E-state index in [4.69, 9.17) is 5.11 Å². The van der Waals surface area contributed by atoms with Gasteiger partial charge >= 0.3 is 5.97 Å². The lowest BCUT2D eigenvalue weighted by Gasteiger charge is -2.26. The minimum Gasteiger partial charge on any atom is -0.481 e. The first-order valence-corrected chi connectivity index (χ1v) is 11.5. The summed E-state index contributed by atoms with van der Waals surface area (Å²) >= 11 is 1.45. The first kappa shape index (κ1) is 20.2. The molecular weight excluding hydrogens is 388 g/mol. The monoisotopic (exact) mass is 412 g/mol. The second-order valence-electron chi connectivity index (χ2n) is 7.07. The largest absolute Gasteiger partial charge is 0.481 e. The van der Waals surface area contributed by atoms with E-state index in [1.807, 2.05) is 6.92 Å². The van der Waals surface area contributed by atoms with Crippen molar-refractivity contribution in [2.75, 3.05) is 11.9 Å². The first-order valence-electron chi connectivity index (χ1n) is 9.14. The number of sulfonamides is 1. The average molecular weight is 413 g/mol. The highest BCUT2D eigenvalue weighted by atomic mass is 32.2. The van der Waals surface area contributed by atoms with E-state index in [2.05, 4.69) is 10.0 Å². The van der Waals surface area contributed by atoms with Crippen molar-refractivity contribution in [2.45, 2.75) is 54.1 Å². The van der Waals surface area contributed by atoms with E-state index in [1.165, 1.54) is 17.8 Å². The van der Waals surface area contributed by atoms with Gasteiger partial charge in [0.2, 0.25) is 15.9 Å². The fourth-order valence-electron chi connectivity index (χ4n) is 3.49. The molecular formula is C18H24N2O5S2. The van der Waals surface area contributed by atoms with Gasteiger partial charge in [0.05, 0.1) is 21.8 Å². The van der Waals surface area contributed by atoms with Gasteiger partial charge in [-0.05, 0) is 56.2 Å². The van der Waals surface area contributed by atoms with E-state index in [9.17, 15) is 18.0 Å². The quantitative estimate of drug-likeness (QED) is 0.662. The number of nitrogens with one attached hydrogen (secondary N) is 2. The predicted octanol–water partition coefficient (Wildman–Crippen LogP) is 2.68. The van der Waals surface area contributed by atoms with Gasteiger partial charge in [-0.2, -0.15) is 0 Å². The van der Waals surface area contributed by atoms with Crippen LogP contribution in [-0.4, -0.2) is 37.2 Å². The van der Waals surface area contributed by atoms with E-state index in [0.29, 0.717) is 44.3 Å². The summed E-state index contributed by atoms with van der Waals surface area (Å²) in [6, 6.07) is 4.78. The van der Waals surface area contributed by atoms with Crippen LogP contribution >= 0.6 is 11.8 Å². The van der Waals surface area contributed by atoms with Crippen molar-refractivity contribution in [1.29, 1.82) is 0 Å². The number of carbonyl (C=O) groups is 2. The van der Waals surface area contributed by atoms with Crippen LogP contribution in [0.2, 0.25) is 0 Å². The maximum atomic E-state index is 12.6. The molecule has 0 spiro atoms. The molecule has 1 saturated carbocycles. The van der Waals surface area contributed by atoms with Crippen LogP contribution in [0.25, 0.3) is 0 Å². The number of aliphatic carboxylic acids is 1. The van der Waals surface area contributed by atoms with E-state index < -0.39 is 16.0 Å². The van der Waals surface area contributed by atoms with Crippen molar-refractivity contribution in [2.24, 2.45) is 11.8 Å². The van der Waals surface area contributed by atoms with Gasteiger partial charge < -0.3 is 10.4 Å². The third kappa shape index (κ3) is 4.64. The molecule has 0 aromatic heterocycles. The third-order valence-electron chi connectivity index (χ3n) is 5.21. The lowest BCUT2D eigenvalue weighted by Crippen LogP contribution is -2.33. The summed E-state index contributed by atoms with van der Waals surface area (Å²) in [4.78, 5) is 24.0. The Morgan fingerprint density at radius 3 is 2.63 bits per heavy atom. The summed E-state index contributed by atoms with van der Waals surface area (Å²) in [7, 11) is -3.69. The zero-order valence-electron chi connectivity index (χ0n) is 15.1. The number of anilines is 1. The summed E-state index contributed by atoms with van der Waals surface area (Å²) in [5, 5.41) is 11.7. The van der Waals surface area contributed by atoms with Gasteiger partial charge in [0.25, 0.3) is 0 Å². The Labute approximate surface area is 163 Å². The summed E-state index contributed by atoms with van der Waals surface area (Å²) in [5.41, 5.74) is 0.527. The highest BCUT2D eigenvalue weighted by Crippen LogP contribution is 2.38. The summed E-state index contributed by atoms with van der Waals surface area (Å²) < 4.78 is 27.9. The predicted molar refractivity (Wildman–Crippen MR) is 103 cm³/mol. The molecule has 1 aliphatic heterocycles. The highest BCUT2D eigenvalue weighted by Gasteiger charge is 2.29. The second-order valence-corrected chi connectivity index (χ2v) is 10.1. The van der Waals surface area contributed by atoms with Crippen molar-refractivity contribution in [3.63, 3.8) is 0 Å². The molecule has 27 heavy (non-hydrogen) atoms. The fraction of sp³-hybridized carbons (Fsp3) is 0.556. The number of carboxylic acids is 1. The molecule has 1 aromatic rings. The number of rotatable bonds is 6. The Morgan fingerprint density at radius 2 is 2.00 bits per heavy atom. The number of hydrogen-bond acceptors (Lipinski definition) is 5. The van der Waals surface area contributed by atoms with Gasteiger partial charge in [-0.15, -0.1) is 11.8 Å². The molecule has 9 heteroatoms. The van der Waals surface area contributed by atoms with E-state index in [0.717, 1.165) is 4.90 Å². The van der Waals surface area contributed by atoms with Gasteiger partial charge in [0.15, 0.2) is 0 Å². The molecule has 0 bridgehead atoms. The zero-order chi connectivity index (χ0) is 19.6. The van der Waals surface area contributed by atoms with Crippen LogP contribution in [0.3, 0.4) is 0 Å². The molecule has 148 valence electrons. The molecule has 7 nitrogen and oxygen atoms in total. The number of benzene rings is 1. The van der Waals surface area contributed by atoms with Crippen LogP contribution in [0.15, 0.2) is 28.0 Å². The van der Waals surface area contributed by atoms with Crippen LogP contribution in [-0.2, 0) is 19.6 Å². The smallest absolute Gasteiger partial charge is 0.306 e. The molecule has 0 saturated heterocycles. The minimum atomic E-state index is -3.69. The van der Waals surface area contributed by atoms with Crippen LogP contribution < -0.4 is 10.0 Å². The molecule has 3 N–H and O–H groups in total. The van der Waals surface area contributed by atoms with Gasteiger partial charge in [0.1, 0.15) is 0 Å². The summed E-state index contributed by atoms with van der Waals surface area (Å²) in [6.45, 7) is 2.24. The van der Waals surface area contributed by atoms with Gasteiger partial charge in [-0.3, -0.25) is 9.59 Å². The number of hydrogen-bond donors (Lipinski definition) is 3. The highest BCUT2D eigenvalue weighted by molar-refractivity contribution is 8.01. The molecule has 1 heterocycles. The molecule has 1 amide bonds. The summed E-state index contributed by atoms with van der Waals surface area (Å²) in [5.74, 6) is -1.04. The maximum absolute atomic E-state index is 12.6. The topological polar surface area (TPSA) is 113 Å². The Kier molecular flexibility index (Phi) is 6.12. The zero-order valence-corrected chi connectivity index (χ0v) is 16.7. The lowest BCUT2D eigenvalue weighted by molar-refractivity contribution is -0.143. The van der Waals surface area contributed by atoms with E-state index >= 15 is 0 Å². The van der Waals surface area contributed by atoms with Crippen molar-refractivity contribution >= 4 is 39.3 Å². The van der Waals surface area contributed by atoms with E-state index in [-0.39, 0.29) is 27.9 Å². The Morgan fingerprint density at radius 1 is 1.30 bits per heavy atom. The van der Waals surface area contributed by atoms with Crippen molar-refractivity contribution in [3.8, 4) is 0 Å². The molecule has 1 atom stereocenters. The maximum Gasteiger partial charge on any atom is 0.306 e. The number of fused-ring (bicyclic) bond motifs is 1.